The summed E-state index contributed by atoms with van der Waals surface area (Å²) in [5, 5.41) is 12.6. The molecule has 1 amide bonds. The summed E-state index contributed by atoms with van der Waals surface area (Å²) in [6.07, 6.45) is 1.30. The number of hydrogen-bond acceptors (Lipinski definition) is 4. The summed E-state index contributed by atoms with van der Waals surface area (Å²) in [7, 11) is 1.87. The minimum atomic E-state index is -0.418. The second-order valence-electron chi connectivity index (χ2n) is 7.66. The number of aliphatic hydroxyl groups is 1. The number of rotatable bonds is 8. The molecule has 2 aromatic carbocycles. The van der Waals surface area contributed by atoms with Crippen LogP contribution in [0.5, 0.6) is 0 Å². The average Bonchev–Trinajstić information content (AvgIpc) is 3.15. The van der Waals surface area contributed by atoms with Crippen molar-refractivity contribution in [3.63, 3.8) is 0 Å². The number of carbonyl (C=O) groups excluding carboxylic acids is 1. The van der Waals surface area contributed by atoms with Crippen molar-refractivity contribution in [2.24, 2.45) is 0 Å². The first-order valence-electron chi connectivity index (χ1n) is 10.3. The van der Waals surface area contributed by atoms with Gasteiger partial charge in [-0.2, -0.15) is 0 Å². The Morgan fingerprint density at radius 1 is 1.31 bits per heavy atom. The van der Waals surface area contributed by atoms with Crippen LogP contribution in [0, 0.1) is 5.82 Å². The van der Waals surface area contributed by atoms with Crippen LogP contribution in [-0.4, -0.2) is 55.2 Å². The van der Waals surface area contributed by atoms with E-state index in [1.54, 1.807) is 12.1 Å². The van der Waals surface area contributed by atoms with Crippen LogP contribution >= 0.6 is 0 Å². The van der Waals surface area contributed by atoms with E-state index < -0.39 is 5.82 Å². The average molecular weight is 400 g/mol. The van der Waals surface area contributed by atoms with Crippen LogP contribution in [0.4, 0.5) is 10.1 Å². The number of hydrogen-bond donors (Lipinski definition) is 2. The fraction of sp³-hybridized carbons (Fsp3) is 0.435. The zero-order valence-corrected chi connectivity index (χ0v) is 17.1. The van der Waals surface area contributed by atoms with Crippen LogP contribution in [-0.2, 0) is 0 Å². The van der Waals surface area contributed by atoms with Gasteiger partial charge in [-0.1, -0.05) is 37.3 Å². The molecular formula is C23H30FN3O2. The van der Waals surface area contributed by atoms with Gasteiger partial charge in [0.15, 0.2) is 0 Å². The Labute approximate surface area is 172 Å². The van der Waals surface area contributed by atoms with Crippen molar-refractivity contribution < 1.29 is 14.3 Å². The molecule has 1 fully saturated rings. The lowest BCUT2D eigenvalue weighted by Crippen LogP contribution is -2.36. The number of likely N-dealkylation sites (N-methyl/N-ethyl adjacent to an activating group) is 1. The normalized spacial score (nSPS) is 17.9. The van der Waals surface area contributed by atoms with Gasteiger partial charge < -0.3 is 15.3 Å². The van der Waals surface area contributed by atoms with Gasteiger partial charge in [-0.05, 0) is 36.6 Å². The first-order valence-corrected chi connectivity index (χ1v) is 10.3. The quantitative estimate of drug-likeness (QED) is 0.716. The topological polar surface area (TPSA) is 55.8 Å². The second-order valence-corrected chi connectivity index (χ2v) is 7.66. The van der Waals surface area contributed by atoms with Crippen LogP contribution in [0.1, 0.15) is 41.7 Å². The highest BCUT2D eigenvalue weighted by molar-refractivity contribution is 5.94. The smallest absolute Gasteiger partial charge is 0.251 e. The third-order valence-corrected chi connectivity index (χ3v) is 5.46. The first kappa shape index (κ1) is 21.3. The number of nitrogens with one attached hydrogen (secondary N) is 1. The van der Waals surface area contributed by atoms with Crippen LogP contribution in [0.3, 0.4) is 0 Å². The lowest BCUT2D eigenvalue weighted by Gasteiger charge is -2.34. The van der Waals surface area contributed by atoms with Crippen LogP contribution in [0.25, 0.3) is 0 Å². The molecule has 2 atom stereocenters. The highest BCUT2D eigenvalue weighted by atomic mass is 19.1. The maximum atomic E-state index is 15.0. The van der Waals surface area contributed by atoms with Gasteiger partial charge in [0.1, 0.15) is 5.82 Å². The molecule has 0 bridgehead atoms. The summed E-state index contributed by atoms with van der Waals surface area (Å²) in [4.78, 5) is 16.3. The number of carbonyl (C=O) groups is 1. The predicted octanol–water partition coefficient (Wildman–Crippen LogP) is 3.21. The van der Waals surface area contributed by atoms with Gasteiger partial charge in [0.05, 0.1) is 17.8 Å². The van der Waals surface area contributed by atoms with E-state index in [2.05, 4.69) is 10.2 Å². The molecule has 1 aliphatic rings. The molecule has 0 unspecified atom stereocenters. The number of benzene rings is 2. The minimum absolute atomic E-state index is 0.0734. The zero-order chi connectivity index (χ0) is 20.8. The molecule has 2 aromatic rings. The van der Waals surface area contributed by atoms with E-state index in [0.717, 1.165) is 24.9 Å². The molecule has 0 aliphatic carbocycles. The first-order chi connectivity index (χ1) is 14.0. The minimum Gasteiger partial charge on any atom is -0.392 e. The highest BCUT2D eigenvalue weighted by Gasteiger charge is 2.27. The number of aliphatic hydroxyl groups excluding tert-OH is 1. The Hall–Kier alpha value is -2.44. The molecule has 5 nitrogen and oxygen atoms in total. The van der Waals surface area contributed by atoms with Crippen LogP contribution < -0.4 is 10.2 Å². The molecule has 0 saturated carbocycles. The number of halogens is 1. The van der Waals surface area contributed by atoms with E-state index in [-0.39, 0.29) is 18.1 Å². The Morgan fingerprint density at radius 3 is 2.69 bits per heavy atom. The number of amides is 1. The van der Waals surface area contributed by atoms with E-state index in [1.165, 1.54) is 6.07 Å². The molecule has 6 heteroatoms. The van der Waals surface area contributed by atoms with Gasteiger partial charge in [-0.3, -0.25) is 9.69 Å². The fourth-order valence-corrected chi connectivity index (χ4v) is 3.79. The number of likely N-dealkylation sites (tertiary alicyclic amines) is 1. The zero-order valence-electron chi connectivity index (χ0n) is 17.1. The van der Waals surface area contributed by atoms with Gasteiger partial charge in [0.2, 0.25) is 0 Å². The van der Waals surface area contributed by atoms with E-state index >= 15 is 0 Å². The van der Waals surface area contributed by atoms with Crippen molar-refractivity contribution in [3.05, 3.63) is 65.5 Å². The summed E-state index contributed by atoms with van der Waals surface area (Å²) in [6, 6.07) is 14.6. The molecular weight excluding hydrogens is 369 g/mol. The van der Waals surface area contributed by atoms with E-state index in [0.29, 0.717) is 30.9 Å². The Balaban J connectivity index is 1.83. The van der Waals surface area contributed by atoms with Gasteiger partial charge >= 0.3 is 0 Å². The maximum absolute atomic E-state index is 15.0. The van der Waals surface area contributed by atoms with E-state index in [4.69, 9.17) is 0 Å². The van der Waals surface area contributed by atoms with Crippen molar-refractivity contribution in [2.75, 3.05) is 38.1 Å². The number of anilines is 1. The third-order valence-electron chi connectivity index (χ3n) is 5.46. The van der Waals surface area contributed by atoms with Crippen LogP contribution in [0.2, 0.25) is 0 Å². The van der Waals surface area contributed by atoms with Crippen molar-refractivity contribution in [1.82, 2.24) is 10.2 Å². The van der Waals surface area contributed by atoms with Gasteiger partial charge in [0, 0.05) is 38.8 Å². The predicted molar refractivity (Wildman–Crippen MR) is 114 cm³/mol. The molecule has 0 radical (unpaired) electrons. The summed E-state index contributed by atoms with van der Waals surface area (Å²) in [6.45, 7) is 4.70. The molecule has 2 N–H and O–H groups in total. The molecule has 3 rings (SSSR count). The molecule has 156 valence electrons. The molecule has 0 aromatic heterocycles. The Kier molecular flexibility index (Phi) is 7.23. The van der Waals surface area contributed by atoms with Gasteiger partial charge in [-0.25, -0.2) is 4.39 Å². The van der Waals surface area contributed by atoms with Crippen molar-refractivity contribution in [3.8, 4) is 0 Å². The van der Waals surface area contributed by atoms with Gasteiger partial charge in [-0.15, -0.1) is 0 Å². The molecule has 1 aliphatic heterocycles. The molecule has 29 heavy (non-hydrogen) atoms. The standard InChI is InChI=1S/C23H30FN3O2/c1-3-12-25-23(29)18-9-10-21(20(24)14-18)26(2)22(17-7-5-4-6-8-17)16-27-13-11-19(28)15-27/h4-10,14,19,22,28H,3,11-13,15-16H2,1-2H3,(H,25,29)/t19-,22+/m0/s1. The summed E-state index contributed by atoms with van der Waals surface area (Å²) < 4.78 is 15.0. The summed E-state index contributed by atoms with van der Waals surface area (Å²) in [5.41, 5.74) is 1.86. The van der Waals surface area contributed by atoms with Crippen molar-refractivity contribution in [2.45, 2.75) is 31.9 Å². The molecule has 1 heterocycles. The maximum Gasteiger partial charge on any atom is 0.251 e. The third kappa shape index (κ3) is 5.34. The van der Waals surface area contributed by atoms with Gasteiger partial charge in [0.25, 0.3) is 5.91 Å². The highest BCUT2D eigenvalue weighted by Crippen LogP contribution is 2.30. The largest absolute Gasteiger partial charge is 0.392 e. The summed E-state index contributed by atoms with van der Waals surface area (Å²) in [5.74, 6) is -0.676. The lowest BCUT2D eigenvalue weighted by molar-refractivity contribution is 0.0953. The lowest BCUT2D eigenvalue weighted by atomic mass is 10.0. The monoisotopic (exact) mass is 399 g/mol. The Bertz CT molecular complexity index is 815. The SMILES string of the molecule is CCCNC(=O)c1ccc(N(C)[C@H](CN2CC[C@H](O)C2)c2ccccc2)c(F)c1. The van der Waals surface area contributed by atoms with Crippen molar-refractivity contribution in [1.29, 1.82) is 0 Å². The Morgan fingerprint density at radius 2 is 2.07 bits per heavy atom. The van der Waals surface area contributed by atoms with E-state index in [1.807, 2.05) is 49.2 Å². The number of β-amino-alcohol motifs (C(OH)–C–C–N with tert-alkyl or cyclic N) is 1. The molecule has 0 spiro atoms. The second kappa shape index (κ2) is 9.85. The van der Waals surface area contributed by atoms with Crippen molar-refractivity contribution >= 4 is 11.6 Å². The van der Waals surface area contributed by atoms with E-state index in [9.17, 15) is 14.3 Å². The summed E-state index contributed by atoms with van der Waals surface area (Å²) >= 11 is 0. The number of nitrogens with zero attached hydrogens (tertiary/aromatic N) is 2. The van der Waals surface area contributed by atoms with Crippen LogP contribution in [0.15, 0.2) is 48.5 Å². The fourth-order valence-electron chi connectivity index (χ4n) is 3.79. The molecule has 1 saturated heterocycles.